The van der Waals surface area contributed by atoms with Crippen LogP contribution in [0, 0.1) is 0 Å². The van der Waals surface area contributed by atoms with Gasteiger partial charge >= 0.3 is 0 Å². The van der Waals surface area contributed by atoms with Crippen LogP contribution >= 0.6 is 23.2 Å². The molecule has 0 spiro atoms. The topological polar surface area (TPSA) is 46.4 Å². The van der Waals surface area contributed by atoms with Crippen LogP contribution in [0.25, 0.3) is 5.52 Å². The fourth-order valence-corrected chi connectivity index (χ4v) is 2.67. The summed E-state index contributed by atoms with van der Waals surface area (Å²) in [6.45, 7) is 0.598. The molecule has 0 aliphatic rings. The molecule has 0 saturated heterocycles. The van der Waals surface area contributed by atoms with Crippen molar-refractivity contribution in [2.75, 3.05) is 6.54 Å². The summed E-state index contributed by atoms with van der Waals surface area (Å²) in [4.78, 5) is 16.2. The fraction of sp³-hybridized carbons (Fsp3) is 0.176. The van der Waals surface area contributed by atoms with Crippen LogP contribution in [0.1, 0.15) is 22.3 Å². The first kappa shape index (κ1) is 15.8. The quantitative estimate of drug-likeness (QED) is 0.709. The number of fused-ring (bicyclic) bond motifs is 1. The first-order valence-corrected chi connectivity index (χ1v) is 8.03. The molecular formula is C17H15Cl2N3O. The van der Waals surface area contributed by atoms with Crippen LogP contribution in [-0.2, 0) is 6.42 Å². The maximum atomic E-state index is 12.1. The third-order valence-electron chi connectivity index (χ3n) is 3.58. The minimum absolute atomic E-state index is 0.0882. The van der Waals surface area contributed by atoms with Crippen molar-refractivity contribution < 1.29 is 4.79 Å². The average Bonchev–Trinajstić information content (AvgIpc) is 3.02. The maximum absolute atomic E-state index is 12.1. The third kappa shape index (κ3) is 3.84. The Labute approximate surface area is 144 Å². The molecule has 0 bridgehead atoms. The zero-order valence-corrected chi connectivity index (χ0v) is 13.8. The number of aryl methyl sites for hydroxylation is 1. The molecule has 1 amide bonds. The molecule has 1 aromatic carbocycles. The highest BCUT2D eigenvalue weighted by Gasteiger charge is 2.06. The van der Waals surface area contributed by atoms with Crippen molar-refractivity contribution in [1.29, 1.82) is 0 Å². The number of imidazole rings is 1. The van der Waals surface area contributed by atoms with Gasteiger partial charge in [-0.25, -0.2) is 4.98 Å². The molecule has 2 aromatic heterocycles. The monoisotopic (exact) mass is 347 g/mol. The number of hydrogen-bond donors (Lipinski definition) is 1. The largest absolute Gasteiger partial charge is 0.352 e. The molecule has 0 atom stereocenters. The first-order chi connectivity index (χ1) is 11.1. The number of aromatic nitrogens is 2. The summed E-state index contributed by atoms with van der Waals surface area (Å²) in [5.74, 6) is -0.0882. The van der Waals surface area contributed by atoms with Gasteiger partial charge in [-0.1, -0.05) is 29.3 Å². The van der Waals surface area contributed by atoms with Crippen LogP contribution in [0.5, 0.6) is 0 Å². The number of halogens is 2. The van der Waals surface area contributed by atoms with Crippen molar-refractivity contribution in [3.05, 3.63) is 70.2 Å². The smallest absolute Gasteiger partial charge is 0.252 e. The van der Waals surface area contributed by atoms with Crippen LogP contribution < -0.4 is 5.32 Å². The molecule has 118 valence electrons. The zero-order valence-electron chi connectivity index (χ0n) is 12.3. The zero-order chi connectivity index (χ0) is 16.2. The lowest BCUT2D eigenvalue weighted by Crippen LogP contribution is -2.25. The molecule has 23 heavy (non-hydrogen) atoms. The van der Waals surface area contributed by atoms with Gasteiger partial charge in [-0.05, 0) is 42.7 Å². The van der Waals surface area contributed by atoms with E-state index < -0.39 is 0 Å². The van der Waals surface area contributed by atoms with E-state index in [1.54, 1.807) is 30.9 Å². The number of nitrogens with one attached hydrogen (secondary N) is 1. The third-order valence-corrected chi connectivity index (χ3v) is 4.32. The lowest BCUT2D eigenvalue weighted by atomic mass is 10.1. The molecule has 2 heterocycles. The molecule has 0 saturated carbocycles. The predicted molar refractivity (Wildman–Crippen MR) is 92.3 cm³/mol. The van der Waals surface area contributed by atoms with E-state index in [1.165, 1.54) is 0 Å². The Morgan fingerprint density at radius 3 is 2.87 bits per heavy atom. The van der Waals surface area contributed by atoms with Crippen molar-refractivity contribution in [1.82, 2.24) is 14.7 Å². The summed E-state index contributed by atoms with van der Waals surface area (Å²) >= 11 is 11.9. The highest BCUT2D eigenvalue weighted by molar-refractivity contribution is 6.42. The summed E-state index contributed by atoms with van der Waals surface area (Å²) in [7, 11) is 0. The number of amides is 1. The molecule has 0 fully saturated rings. The lowest BCUT2D eigenvalue weighted by Gasteiger charge is -2.07. The Kier molecular flexibility index (Phi) is 4.84. The molecule has 0 unspecified atom stereocenters. The Hall–Kier alpha value is -2.04. The Morgan fingerprint density at radius 1 is 1.17 bits per heavy atom. The van der Waals surface area contributed by atoms with Gasteiger partial charge in [0, 0.05) is 12.7 Å². The average molecular weight is 348 g/mol. The van der Waals surface area contributed by atoms with Crippen LogP contribution in [0.2, 0.25) is 10.0 Å². The van der Waals surface area contributed by atoms with E-state index in [0.717, 1.165) is 23.9 Å². The number of carbonyl (C=O) groups excluding carboxylic acids is 1. The van der Waals surface area contributed by atoms with E-state index in [2.05, 4.69) is 10.3 Å². The molecule has 1 N–H and O–H groups in total. The second-order valence-electron chi connectivity index (χ2n) is 5.25. The Morgan fingerprint density at radius 2 is 2.04 bits per heavy atom. The van der Waals surface area contributed by atoms with E-state index in [9.17, 15) is 4.79 Å². The normalized spacial score (nSPS) is 10.9. The van der Waals surface area contributed by atoms with E-state index in [1.807, 2.05) is 22.6 Å². The van der Waals surface area contributed by atoms with Crippen molar-refractivity contribution in [3.63, 3.8) is 0 Å². The van der Waals surface area contributed by atoms with E-state index in [4.69, 9.17) is 23.2 Å². The van der Waals surface area contributed by atoms with E-state index in [0.29, 0.717) is 22.2 Å². The van der Waals surface area contributed by atoms with Crippen LogP contribution in [0.4, 0.5) is 0 Å². The predicted octanol–water partition coefficient (Wildman–Crippen LogP) is 4.00. The van der Waals surface area contributed by atoms with Crippen molar-refractivity contribution in [2.45, 2.75) is 12.8 Å². The molecule has 4 nitrogen and oxygen atoms in total. The lowest BCUT2D eigenvalue weighted by molar-refractivity contribution is 0.0953. The van der Waals surface area contributed by atoms with E-state index >= 15 is 0 Å². The van der Waals surface area contributed by atoms with E-state index in [-0.39, 0.29) is 5.91 Å². The van der Waals surface area contributed by atoms with Gasteiger partial charge in [-0.2, -0.15) is 0 Å². The number of pyridine rings is 1. The van der Waals surface area contributed by atoms with Crippen molar-refractivity contribution >= 4 is 34.6 Å². The Bertz CT molecular complexity index is 845. The van der Waals surface area contributed by atoms with Gasteiger partial charge in [0.15, 0.2) is 0 Å². The van der Waals surface area contributed by atoms with Gasteiger partial charge in [-0.15, -0.1) is 0 Å². The first-order valence-electron chi connectivity index (χ1n) is 7.27. The Balaban J connectivity index is 1.51. The van der Waals surface area contributed by atoms with Gasteiger partial charge < -0.3 is 9.72 Å². The van der Waals surface area contributed by atoms with Crippen LogP contribution in [0.15, 0.2) is 49.1 Å². The summed E-state index contributed by atoms with van der Waals surface area (Å²) in [6.07, 6.45) is 6.86. The molecule has 6 heteroatoms. The highest BCUT2D eigenvalue weighted by Crippen LogP contribution is 2.23. The summed E-state index contributed by atoms with van der Waals surface area (Å²) in [6, 6.07) is 9.27. The molecule has 0 radical (unpaired) electrons. The maximum Gasteiger partial charge on any atom is 0.252 e. The molecular weight excluding hydrogens is 333 g/mol. The second kappa shape index (κ2) is 7.02. The fourth-order valence-electron chi connectivity index (χ4n) is 2.35. The number of hydrogen-bond acceptors (Lipinski definition) is 2. The molecule has 0 aliphatic heterocycles. The van der Waals surface area contributed by atoms with Gasteiger partial charge in [0.2, 0.25) is 0 Å². The van der Waals surface area contributed by atoms with Gasteiger partial charge in [0.05, 0.1) is 33.6 Å². The SMILES string of the molecule is O=C(NCCCc1ccc(Cl)c(Cl)c1)c1ccc2cncn2c1. The molecule has 0 aliphatic carbocycles. The number of rotatable bonds is 5. The number of benzene rings is 1. The second-order valence-corrected chi connectivity index (χ2v) is 6.07. The number of carbonyl (C=O) groups is 1. The minimum Gasteiger partial charge on any atom is -0.352 e. The molecule has 3 aromatic rings. The van der Waals surface area contributed by atoms with Gasteiger partial charge in [0.1, 0.15) is 0 Å². The van der Waals surface area contributed by atoms with Gasteiger partial charge in [-0.3, -0.25) is 4.79 Å². The van der Waals surface area contributed by atoms with Crippen LogP contribution in [0.3, 0.4) is 0 Å². The standard InChI is InChI=1S/C17H15Cl2N3O/c18-15-6-3-12(8-16(15)19)2-1-7-21-17(23)13-4-5-14-9-20-11-22(14)10-13/h3-6,8-11H,1-2,7H2,(H,21,23). The minimum atomic E-state index is -0.0882. The summed E-state index contributed by atoms with van der Waals surface area (Å²) in [5, 5.41) is 4.03. The number of nitrogens with zero attached hydrogens (tertiary/aromatic N) is 2. The summed E-state index contributed by atoms with van der Waals surface area (Å²) < 4.78 is 1.82. The van der Waals surface area contributed by atoms with Crippen LogP contribution in [-0.4, -0.2) is 21.8 Å². The van der Waals surface area contributed by atoms with Crippen molar-refractivity contribution in [2.24, 2.45) is 0 Å². The molecule has 3 rings (SSSR count). The van der Waals surface area contributed by atoms with Crippen molar-refractivity contribution in [3.8, 4) is 0 Å². The van der Waals surface area contributed by atoms with Gasteiger partial charge in [0.25, 0.3) is 5.91 Å². The highest BCUT2D eigenvalue weighted by atomic mass is 35.5. The summed E-state index contributed by atoms with van der Waals surface area (Å²) in [5.41, 5.74) is 2.68.